The zero-order chi connectivity index (χ0) is 13.9. The van der Waals surface area contributed by atoms with E-state index < -0.39 is 0 Å². The number of hydrogen-bond acceptors (Lipinski definition) is 5. The van der Waals surface area contributed by atoms with Crippen LogP contribution in [0.1, 0.15) is 11.5 Å². The quantitative estimate of drug-likeness (QED) is 0.747. The minimum atomic E-state index is -0.312. The third-order valence-electron chi connectivity index (χ3n) is 2.55. The number of thioether (sulfide) groups is 1. The molecule has 3 rings (SSSR count). The van der Waals surface area contributed by atoms with E-state index in [9.17, 15) is 4.39 Å². The Balaban J connectivity index is 1.70. The van der Waals surface area contributed by atoms with E-state index in [4.69, 9.17) is 4.42 Å². The highest BCUT2D eigenvalue weighted by atomic mass is 32.2. The maximum absolute atomic E-state index is 13.1. The molecular weight excluding hydrogens is 279 g/mol. The molecule has 102 valence electrons. The molecule has 7 heteroatoms. The Kier molecular flexibility index (Phi) is 3.51. The van der Waals surface area contributed by atoms with Crippen LogP contribution in [0.15, 0.2) is 40.1 Å². The smallest absolute Gasteiger partial charge is 0.226 e. The van der Waals surface area contributed by atoms with Gasteiger partial charge in [-0.1, -0.05) is 17.8 Å². The average Bonchev–Trinajstić information content (AvgIpc) is 3.05. The van der Waals surface area contributed by atoms with Crippen molar-refractivity contribution in [2.24, 2.45) is 0 Å². The van der Waals surface area contributed by atoms with Crippen LogP contribution in [0.5, 0.6) is 0 Å². The van der Waals surface area contributed by atoms with Gasteiger partial charge in [-0.25, -0.2) is 14.4 Å². The average molecular weight is 290 g/mol. The Labute approximate surface area is 118 Å². The highest BCUT2D eigenvalue weighted by Crippen LogP contribution is 2.23. The monoisotopic (exact) mass is 290 g/mol. The van der Waals surface area contributed by atoms with E-state index in [1.807, 2.05) is 6.92 Å². The second-order valence-corrected chi connectivity index (χ2v) is 5.09. The fraction of sp³-hybridized carbons (Fsp3) is 0.154. The first-order chi connectivity index (χ1) is 9.70. The summed E-state index contributed by atoms with van der Waals surface area (Å²) in [6.45, 7) is 1.84. The summed E-state index contributed by atoms with van der Waals surface area (Å²) < 4.78 is 18.5. The number of oxazole rings is 1. The third kappa shape index (κ3) is 2.88. The van der Waals surface area contributed by atoms with Gasteiger partial charge in [-0.05, 0) is 25.1 Å². The fourth-order valence-electron chi connectivity index (χ4n) is 1.65. The van der Waals surface area contributed by atoms with Gasteiger partial charge in [0, 0.05) is 11.3 Å². The molecule has 0 aliphatic heterocycles. The number of aromatic nitrogens is 4. The molecule has 0 unspecified atom stereocenters. The molecule has 0 bridgehead atoms. The van der Waals surface area contributed by atoms with Crippen LogP contribution in [0.2, 0.25) is 0 Å². The van der Waals surface area contributed by atoms with E-state index in [1.54, 1.807) is 18.4 Å². The predicted molar refractivity (Wildman–Crippen MR) is 72.6 cm³/mol. The lowest BCUT2D eigenvalue weighted by Gasteiger charge is -1.94. The minimum absolute atomic E-state index is 0.312. The molecule has 2 aromatic heterocycles. The summed E-state index contributed by atoms with van der Waals surface area (Å²) in [5.41, 5.74) is 1.38. The second-order valence-electron chi connectivity index (χ2n) is 4.15. The van der Waals surface area contributed by atoms with Crippen molar-refractivity contribution in [1.29, 1.82) is 0 Å². The number of aromatic amines is 1. The predicted octanol–water partition coefficient (Wildman–Crippen LogP) is 3.20. The molecule has 5 nitrogen and oxygen atoms in total. The molecule has 0 saturated heterocycles. The van der Waals surface area contributed by atoms with Crippen molar-refractivity contribution in [3.8, 4) is 11.5 Å². The first-order valence-corrected chi connectivity index (χ1v) is 6.91. The number of H-pyrrole nitrogens is 1. The standard InChI is InChI=1S/C13H11FN4OS/c1-8-15-13(18-17-8)20-7-11-6-19-12(16-11)9-3-2-4-10(14)5-9/h2-6H,7H2,1H3,(H,15,17,18). The van der Waals surface area contributed by atoms with Gasteiger partial charge in [0.1, 0.15) is 17.9 Å². The normalized spacial score (nSPS) is 10.9. The molecule has 2 heterocycles. The van der Waals surface area contributed by atoms with Crippen LogP contribution in [-0.4, -0.2) is 20.2 Å². The van der Waals surface area contributed by atoms with Crippen molar-refractivity contribution in [2.45, 2.75) is 17.8 Å². The summed E-state index contributed by atoms with van der Waals surface area (Å²) in [4.78, 5) is 8.51. The second kappa shape index (κ2) is 5.46. The van der Waals surface area contributed by atoms with Crippen LogP contribution in [0.3, 0.4) is 0 Å². The molecule has 20 heavy (non-hydrogen) atoms. The molecule has 0 saturated carbocycles. The number of rotatable bonds is 4. The molecule has 0 radical (unpaired) electrons. The van der Waals surface area contributed by atoms with Gasteiger partial charge in [0.2, 0.25) is 11.0 Å². The van der Waals surface area contributed by atoms with Gasteiger partial charge in [-0.15, -0.1) is 5.10 Å². The van der Waals surface area contributed by atoms with Crippen molar-refractivity contribution < 1.29 is 8.81 Å². The first-order valence-electron chi connectivity index (χ1n) is 5.93. The molecule has 1 N–H and O–H groups in total. The number of hydrogen-bond donors (Lipinski definition) is 1. The fourth-order valence-corrected chi connectivity index (χ4v) is 2.37. The van der Waals surface area contributed by atoms with Crippen molar-refractivity contribution in [3.63, 3.8) is 0 Å². The van der Waals surface area contributed by atoms with Crippen LogP contribution < -0.4 is 0 Å². The zero-order valence-electron chi connectivity index (χ0n) is 10.6. The Bertz CT molecular complexity index is 724. The molecular formula is C13H11FN4OS. The van der Waals surface area contributed by atoms with Crippen LogP contribution in [0, 0.1) is 12.7 Å². The number of nitrogens with one attached hydrogen (secondary N) is 1. The van der Waals surface area contributed by atoms with Gasteiger partial charge in [-0.2, -0.15) is 0 Å². The maximum atomic E-state index is 13.1. The van der Waals surface area contributed by atoms with Crippen LogP contribution in [0.25, 0.3) is 11.5 Å². The molecule has 3 aromatic rings. The van der Waals surface area contributed by atoms with Crippen molar-refractivity contribution in [2.75, 3.05) is 0 Å². The number of nitrogens with zero attached hydrogens (tertiary/aromatic N) is 3. The van der Waals surface area contributed by atoms with Gasteiger partial charge in [0.05, 0.1) is 5.69 Å². The molecule has 0 aliphatic rings. The Morgan fingerprint density at radius 2 is 2.25 bits per heavy atom. The highest BCUT2D eigenvalue weighted by molar-refractivity contribution is 7.98. The molecule has 0 fully saturated rings. The van der Waals surface area contributed by atoms with E-state index in [-0.39, 0.29) is 5.82 Å². The van der Waals surface area contributed by atoms with Gasteiger partial charge >= 0.3 is 0 Å². The molecule has 0 aliphatic carbocycles. The number of aryl methyl sites for hydroxylation is 1. The van der Waals surface area contributed by atoms with E-state index in [0.717, 1.165) is 11.5 Å². The van der Waals surface area contributed by atoms with Gasteiger partial charge in [0.15, 0.2) is 0 Å². The minimum Gasteiger partial charge on any atom is -0.444 e. The van der Waals surface area contributed by atoms with Crippen molar-refractivity contribution >= 4 is 11.8 Å². The summed E-state index contributed by atoms with van der Waals surface area (Å²) in [6, 6.07) is 6.15. The zero-order valence-corrected chi connectivity index (χ0v) is 11.4. The van der Waals surface area contributed by atoms with Crippen LogP contribution >= 0.6 is 11.8 Å². The maximum Gasteiger partial charge on any atom is 0.226 e. The first kappa shape index (κ1) is 12.9. The largest absolute Gasteiger partial charge is 0.444 e. The summed E-state index contributed by atoms with van der Waals surface area (Å²) in [6.07, 6.45) is 1.56. The molecule has 0 atom stereocenters. The Morgan fingerprint density at radius 1 is 1.35 bits per heavy atom. The van der Waals surface area contributed by atoms with Crippen LogP contribution in [0.4, 0.5) is 4.39 Å². The van der Waals surface area contributed by atoms with Crippen LogP contribution in [-0.2, 0) is 5.75 Å². The summed E-state index contributed by atoms with van der Waals surface area (Å²) in [5, 5.41) is 7.47. The highest BCUT2D eigenvalue weighted by Gasteiger charge is 2.09. The van der Waals surface area contributed by atoms with Gasteiger partial charge in [0.25, 0.3) is 0 Å². The summed E-state index contributed by atoms with van der Waals surface area (Å²) >= 11 is 1.46. The molecule has 0 amide bonds. The Hall–Kier alpha value is -2.15. The summed E-state index contributed by atoms with van der Waals surface area (Å²) in [5.74, 6) is 1.46. The lowest BCUT2D eigenvalue weighted by atomic mass is 10.2. The van der Waals surface area contributed by atoms with Crippen molar-refractivity contribution in [3.05, 3.63) is 47.9 Å². The van der Waals surface area contributed by atoms with Gasteiger partial charge in [-0.3, -0.25) is 5.10 Å². The topological polar surface area (TPSA) is 67.6 Å². The van der Waals surface area contributed by atoms with E-state index >= 15 is 0 Å². The van der Waals surface area contributed by atoms with Gasteiger partial charge < -0.3 is 4.42 Å². The van der Waals surface area contributed by atoms with E-state index in [2.05, 4.69) is 20.2 Å². The third-order valence-corrected chi connectivity index (χ3v) is 3.43. The van der Waals surface area contributed by atoms with Crippen molar-refractivity contribution in [1.82, 2.24) is 20.2 Å². The lowest BCUT2D eigenvalue weighted by molar-refractivity contribution is 0.571. The summed E-state index contributed by atoms with van der Waals surface area (Å²) in [7, 11) is 0. The SMILES string of the molecule is Cc1nc(SCc2coc(-c3cccc(F)c3)n2)n[nH]1. The molecule has 1 aromatic carbocycles. The number of benzene rings is 1. The lowest BCUT2D eigenvalue weighted by Crippen LogP contribution is -1.84. The van der Waals surface area contributed by atoms with E-state index in [0.29, 0.717) is 22.4 Å². The number of halogens is 1. The Morgan fingerprint density at radius 3 is 3.00 bits per heavy atom. The molecule has 0 spiro atoms. The van der Waals surface area contributed by atoms with E-state index in [1.165, 1.54) is 23.9 Å².